The Morgan fingerprint density at radius 2 is 2.04 bits per heavy atom. The van der Waals surface area contributed by atoms with E-state index in [1.54, 1.807) is 18.2 Å². The maximum atomic E-state index is 14.4. The first-order valence-corrected chi connectivity index (χ1v) is 7.33. The van der Waals surface area contributed by atoms with Crippen molar-refractivity contribution in [2.24, 2.45) is 5.92 Å². The first-order chi connectivity index (χ1) is 10.8. The standard InChI is InChI=1S/C17H17FN4O/c1-17(2,3)14-13-12(9-6-4-5-7-11(9)18)10(8-19)15(20)23-16(13)22-21-14/h4-7,10,12,20H,1-3H3,(H,21,22). The first kappa shape index (κ1) is 15.2. The van der Waals surface area contributed by atoms with Gasteiger partial charge in [-0.3, -0.25) is 10.5 Å². The minimum atomic E-state index is -0.891. The van der Waals surface area contributed by atoms with E-state index in [0.29, 0.717) is 11.1 Å². The summed E-state index contributed by atoms with van der Waals surface area (Å²) in [6, 6.07) is 8.41. The Morgan fingerprint density at radius 1 is 1.35 bits per heavy atom. The average molecular weight is 312 g/mol. The fourth-order valence-corrected chi connectivity index (χ4v) is 2.95. The number of benzene rings is 1. The highest BCUT2D eigenvalue weighted by atomic mass is 19.1. The van der Waals surface area contributed by atoms with Gasteiger partial charge in [-0.05, 0) is 11.6 Å². The molecule has 2 N–H and O–H groups in total. The zero-order valence-corrected chi connectivity index (χ0v) is 13.1. The number of fused-ring (bicyclic) bond motifs is 1. The van der Waals surface area contributed by atoms with Crippen molar-refractivity contribution in [1.29, 1.82) is 10.7 Å². The smallest absolute Gasteiger partial charge is 0.243 e. The maximum Gasteiger partial charge on any atom is 0.243 e. The minimum absolute atomic E-state index is 0.208. The third-order valence-corrected chi connectivity index (χ3v) is 4.03. The molecular formula is C17H17FN4O. The van der Waals surface area contributed by atoms with E-state index < -0.39 is 17.7 Å². The van der Waals surface area contributed by atoms with Gasteiger partial charge in [0.1, 0.15) is 11.7 Å². The normalized spacial score (nSPS) is 20.6. The summed E-state index contributed by atoms with van der Waals surface area (Å²) in [4.78, 5) is 0. The highest BCUT2D eigenvalue weighted by Gasteiger charge is 2.43. The van der Waals surface area contributed by atoms with E-state index in [-0.39, 0.29) is 17.2 Å². The van der Waals surface area contributed by atoms with Crippen LogP contribution in [0.3, 0.4) is 0 Å². The van der Waals surface area contributed by atoms with Crippen molar-refractivity contribution in [2.45, 2.75) is 32.1 Å². The molecule has 3 rings (SSSR count). The van der Waals surface area contributed by atoms with Gasteiger partial charge in [0, 0.05) is 22.6 Å². The molecule has 2 heterocycles. The van der Waals surface area contributed by atoms with Gasteiger partial charge >= 0.3 is 0 Å². The van der Waals surface area contributed by atoms with E-state index in [9.17, 15) is 9.65 Å². The summed E-state index contributed by atoms with van der Waals surface area (Å²) in [5, 5.41) is 24.6. The van der Waals surface area contributed by atoms with E-state index in [0.717, 1.165) is 5.69 Å². The van der Waals surface area contributed by atoms with E-state index in [1.807, 2.05) is 20.8 Å². The molecule has 2 unspecified atom stereocenters. The van der Waals surface area contributed by atoms with Crippen LogP contribution in [0.1, 0.15) is 43.5 Å². The number of halogens is 1. The van der Waals surface area contributed by atoms with Crippen molar-refractivity contribution in [3.63, 3.8) is 0 Å². The molecule has 0 saturated heterocycles. The van der Waals surface area contributed by atoms with Crippen LogP contribution in [-0.2, 0) is 5.41 Å². The lowest BCUT2D eigenvalue weighted by Gasteiger charge is -2.30. The minimum Gasteiger partial charge on any atom is -0.422 e. The number of rotatable bonds is 1. The van der Waals surface area contributed by atoms with Crippen LogP contribution in [0, 0.1) is 28.5 Å². The fraction of sp³-hybridized carbons (Fsp3) is 0.353. The molecule has 6 heteroatoms. The number of hydrogen-bond donors (Lipinski definition) is 2. The summed E-state index contributed by atoms with van der Waals surface area (Å²) < 4.78 is 19.8. The quantitative estimate of drug-likeness (QED) is 0.845. The summed E-state index contributed by atoms with van der Waals surface area (Å²) in [5.74, 6) is -1.87. The van der Waals surface area contributed by atoms with Gasteiger partial charge in [0.05, 0.1) is 6.07 Å². The Bertz CT molecular complexity index is 813. The molecule has 0 bridgehead atoms. The molecule has 2 atom stereocenters. The van der Waals surface area contributed by atoms with E-state index in [2.05, 4.69) is 16.3 Å². The van der Waals surface area contributed by atoms with Crippen LogP contribution < -0.4 is 4.74 Å². The molecule has 0 saturated carbocycles. The van der Waals surface area contributed by atoms with Crippen molar-refractivity contribution in [3.8, 4) is 11.9 Å². The van der Waals surface area contributed by atoms with Gasteiger partial charge in [-0.15, -0.1) is 5.10 Å². The number of ether oxygens (including phenoxy) is 1. The lowest BCUT2D eigenvalue weighted by atomic mass is 9.75. The highest BCUT2D eigenvalue weighted by molar-refractivity contribution is 5.84. The van der Waals surface area contributed by atoms with Crippen LogP contribution in [0.15, 0.2) is 24.3 Å². The van der Waals surface area contributed by atoms with Crippen molar-refractivity contribution >= 4 is 5.90 Å². The molecule has 0 fully saturated rings. The second-order valence-corrected chi connectivity index (χ2v) is 6.64. The SMILES string of the molecule is CC(C)(C)c1[nH]nc2c1C(c1ccccc1F)C(C#N)C(=N)O2. The maximum absolute atomic E-state index is 14.4. The molecule has 0 spiro atoms. The average Bonchev–Trinajstić information content (AvgIpc) is 2.90. The summed E-state index contributed by atoms with van der Waals surface area (Å²) >= 11 is 0. The first-order valence-electron chi connectivity index (χ1n) is 7.33. The second-order valence-electron chi connectivity index (χ2n) is 6.64. The molecule has 1 aromatic carbocycles. The van der Waals surface area contributed by atoms with Gasteiger partial charge in [-0.25, -0.2) is 4.39 Å². The molecule has 0 aliphatic carbocycles. The Balaban J connectivity index is 2.29. The largest absolute Gasteiger partial charge is 0.422 e. The van der Waals surface area contributed by atoms with Crippen LogP contribution in [0.5, 0.6) is 5.88 Å². The molecule has 2 aromatic rings. The topological polar surface area (TPSA) is 85.5 Å². The van der Waals surface area contributed by atoms with Crippen LogP contribution in [-0.4, -0.2) is 16.1 Å². The third kappa shape index (κ3) is 2.38. The molecule has 0 amide bonds. The summed E-state index contributed by atoms with van der Waals surface area (Å²) in [7, 11) is 0. The Morgan fingerprint density at radius 3 is 2.65 bits per heavy atom. The molecular weight excluding hydrogens is 295 g/mol. The molecule has 1 aliphatic heterocycles. The molecule has 0 radical (unpaired) electrons. The number of aromatic nitrogens is 2. The van der Waals surface area contributed by atoms with Gasteiger partial charge in [-0.1, -0.05) is 39.0 Å². The van der Waals surface area contributed by atoms with Crippen LogP contribution >= 0.6 is 0 Å². The predicted molar refractivity (Wildman–Crippen MR) is 83.0 cm³/mol. The van der Waals surface area contributed by atoms with E-state index in [1.165, 1.54) is 6.07 Å². The highest BCUT2D eigenvalue weighted by Crippen LogP contribution is 2.46. The molecule has 118 valence electrons. The number of nitriles is 1. The van der Waals surface area contributed by atoms with Crippen molar-refractivity contribution in [3.05, 3.63) is 46.9 Å². The van der Waals surface area contributed by atoms with Gasteiger partial charge in [0.25, 0.3) is 0 Å². The fourth-order valence-electron chi connectivity index (χ4n) is 2.95. The van der Waals surface area contributed by atoms with Crippen LogP contribution in [0.2, 0.25) is 0 Å². The number of aromatic amines is 1. The van der Waals surface area contributed by atoms with Crippen molar-refractivity contribution < 1.29 is 9.13 Å². The van der Waals surface area contributed by atoms with Crippen LogP contribution in [0.25, 0.3) is 0 Å². The number of nitrogens with zero attached hydrogens (tertiary/aromatic N) is 2. The van der Waals surface area contributed by atoms with Gasteiger partial charge in [0.15, 0.2) is 0 Å². The zero-order valence-electron chi connectivity index (χ0n) is 13.1. The van der Waals surface area contributed by atoms with E-state index >= 15 is 0 Å². The van der Waals surface area contributed by atoms with Crippen molar-refractivity contribution in [1.82, 2.24) is 10.2 Å². The predicted octanol–water partition coefficient (Wildman–Crippen LogP) is 3.49. The Kier molecular flexibility index (Phi) is 3.44. The van der Waals surface area contributed by atoms with Crippen LogP contribution in [0.4, 0.5) is 4.39 Å². The van der Waals surface area contributed by atoms with Gasteiger partial charge in [-0.2, -0.15) is 5.26 Å². The van der Waals surface area contributed by atoms with Gasteiger partial charge in [0.2, 0.25) is 11.8 Å². The third-order valence-electron chi connectivity index (χ3n) is 4.03. The molecule has 23 heavy (non-hydrogen) atoms. The Labute approximate surface area is 133 Å². The summed E-state index contributed by atoms with van der Waals surface area (Å²) in [6.45, 7) is 6.00. The lowest BCUT2D eigenvalue weighted by molar-refractivity contribution is 0.428. The monoisotopic (exact) mass is 312 g/mol. The number of nitrogens with one attached hydrogen (secondary N) is 2. The summed E-state index contributed by atoms with van der Waals surface area (Å²) in [5.41, 5.74) is 1.53. The second kappa shape index (κ2) is 5.20. The lowest BCUT2D eigenvalue weighted by Crippen LogP contribution is -2.32. The molecule has 5 nitrogen and oxygen atoms in total. The zero-order chi connectivity index (χ0) is 16.8. The van der Waals surface area contributed by atoms with E-state index in [4.69, 9.17) is 10.1 Å². The Hall–Kier alpha value is -2.68. The van der Waals surface area contributed by atoms with Crippen molar-refractivity contribution in [2.75, 3.05) is 0 Å². The van der Waals surface area contributed by atoms with Gasteiger partial charge < -0.3 is 4.74 Å². The number of H-pyrrole nitrogens is 1. The molecule has 1 aliphatic rings. The summed E-state index contributed by atoms with van der Waals surface area (Å²) in [6.07, 6.45) is 0. The molecule has 1 aromatic heterocycles. The number of hydrogen-bond acceptors (Lipinski definition) is 4.